The van der Waals surface area contributed by atoms with Gasteiger partial charge in [0.05, 0.1) is 6.61 Å². The summed E-state index contributed by atoms with van der Waals surface area (Å²) < 4.78 is 9.58. The van der Waals surface area contributed by atoms with Crippen molar-refractivity contribution in [2.75, 3.05) is 13.7 Å². The highest BCUT2D eigenvalue weighted by atomic mass is 16.5. The van der Waals surface area contributed by atoms with E-state index in [1.165, 1.54) is 0 Å². The molecule has 0 saturated carbocycles. The summed E-state index contributed by atoms with van der Waals surface area (Å²) in [6.07, 6.45) is 0.716. The Bertz CT molecular complexity index is 199. The second-order valence-corrected chi connectivity index (χ2v) is 1.97. The number of rotatable bonds is 3. The minimum absolute atomic E-state index is 0.603. The average Bonchev–Trinajstić information content (AvgIpc) is 2.51. The van der Waals surface area contributed by atoms with Crippen LogP contribution in [0.5, 0.6) is 0 Å². The van der Waals surface area contributed by atoms with Crippen molar-refractivity contribution < 1.29 is 9.26 Å². The van der Waals surface area contributed by atoms with Gasteiger partial charge in [0.25, 0.3) is 0 Å². The Labute approximate surface area is 72.9 Å². The number of hydrogen-bond donors (Lipinski definition) is 0. The van der Waals surface area contributed by atoms with Crippen molar-refractivity contribution in [3.63, 3.8) is 0 Å². The van der Waals surface area contributed by atoms with E-state index in [2.05, 4.69) is 10.1 Å². The van der Waals surface area contributed by atoms with Crippen LogP contribution in [0.4, 0.5) is 0 Å². The third-order valence-corrected chi connectivity index (χ3v) is 1.10. The average molecular weight is 172 g/mol. The first-order valence-electron chi connectivity index (χ1n) is 4.11. The Hall–Kier alpha value is -0.900. The van der Waals surface area contributed by atoms with E-state index in [9.17, 15) is 0 Å². The van der Waals surface area contributed by atoms with Crippen LogP contribution >= 0.6 is 0 Å². The van der Waals surface area contributed by atoms with Gasteiger partial charge in [-0.3, -0.25) is 0 Å². The normalized spacial score (nSPS) is 9.00. The lowest BCUT2D eigenvalue weighted by atomic mass is 10.4. The lowest BCUT2D eigenvalue weighted by molar-refractivity contribution is 0.199. The van der Waals surface area contributed by atoms with Crippen molar-refractivity contribution in [3.8, 4) is 0 Å². The molecule has 1 aromatic heterocycles. The van der Waals surface area contributed by atoms with Crippen molar-refractivity contribution in [2.45, 2.75) is 27.2 Å². The quantitative estimate of drug-likeness (QED) is 0.694. The highest BCUT2D eigenvalue weighted by molar-refractivity contribution is 4.83. The fourth-order valence-electron chi connectivity index (χ4n) is 0.636. The summed E-state index contributed by atoms with van der Waals surface area (Å²) in [6.45, 7) is 6.41. The van der Waals surface area contributed by atoms with Crippen molar-refractivity contribution >= 4 is 0 Å². The maximum absolute atomic E-state index is 4.83. The van der Waals surface area contributed by atoms with Gasteiger partial charge in [-0.05, 0) is 0 Å². The highest BCUT2D eigenvalue weighted by Gasteiger charge is 1.99. The van der Waals surface area contributed by atoms with E-state index in [4.69, 9.17) is 9.26 Å². The van der Waals surface area contributed by atoms with Gasteiger partial charge in [-0.25, -0.2) is 0 Å². The molecular weight excluding hydrogens is 156 g/mol. The molecule has 0 fully saturated rings. The molecule has 70 valence electrons. The topological polar surface area (TPSA) is 48.2 Å². The molecule has 0 N–H and O–H groups in total. The second kappa shape index (κ2) is 6.79. The third kappa shape index (κ3) is 4.08. The minimum atomic E-state index is 0.603. The minimum Gasteiger partial charge on any atom is -0.384 e. The van der Waals surface area contributed by atoms with Gasteiger partial charge < -0.3 is 9.26 Å². The van der Waals surface area contributed by atoms with Crippen LogP contribution in [0.15, 0.2) is 4.52 Å². The lowest BCUT2D eigenvalue weighted by Crippen LogP contribution is -1.95. The first kappa shape index (κ1) is 11.1. The molecular formula is C8H16N2O2. The Morgan fingerprint density at radius 1 is 1.42 bits per heavy atom. The van der Waals surface area contributed by atoms with E-state index in [0.717, 1.165) is 0 Å². The van der Waals surface area contributed by atoms with Crippen LogP contribution in [0.2, 0.25) is 0 Å². The van der Waals surface area contributed by atoms with Gasteiger partial charge >= 0.3 is 0 Å². The van der Waals surface area contributed by atoms with Crippen LogP contribution in [0.1, 0.15) is 25.6 Å². The van der Waals surface area contributed by atoms with E-state index in [1.807, 2.05) is 13.8 Å². The highest BCUT2D eigenvalue weighted by Crippen LogP contribution is 1.94. The van der Waals surface area contributed by atoms with Gasteiger partial charge in [-0.1, -0.05) is 19.0 Å². The summed E-state index contributed by atoms with van der Waals surface area (Å²) >= 11 is 0. The molecule has 1 aromatic rings. The van der Waals surface area contributed by atoms with Crippen molar-refractivity contribution in [1.29, 1.82) is 0 Å². The maximum Gasteiger partial charge on any atom is 0.223 e. The van der Waals surface area contributed by atoms with Crippen LogP contribution in [0.25, 0.3) is 0 Å². The van der Waals surface area contributed by atoms with Crippen LogP contribution < -0.4 is 0 Å². The van der Waals surface area contributed by atoms with Gasteiger partial charge in [-0.15, -0.1) is 0 Å². The molecule has 0 aliphatic rings. The molecule has 0 bridgehead atoms. The zero-order chi connectivity index (χ0) is 9.40. The monoisotopic (exact) mass is 172 g/mol. The SMILES string of the molecule is CC.COCCc1noc(C)n1. The van der Waals surface area contributed by atoms with Crippen LogP contribution in [-0.2, 0) is 11.2 Å². The lowest BCUT2D eigenvalue weighted by Gasteiger charge is -1.89. The molecule has 0 spiro atoms. The maximum atomic E-state index is 4.83. The number of aromatic nitrogens is 2. The zero-order valence-electron chi connectivity index (χ0n) is 8.13. The van der Waals surface area contributed by atoms with E-state index in [-0.39, 0.29) is 0 Å². The molecule has 0 saturated heterocycles. The van der Waals surface area contributed by atoms with E-state index >= 15 is 0 Å². The Balaban J connectivity index is 0.000000561. The Kier molecular flexibility index (Phi) is 6.28. The van der Waals surface area contributed by atoms with Gasteiger partial charge in [-0.2, -0.15) is 4.98 Å². The van der Waals surface area contributed by atoms with E-state index in [0.29, 0.717) is 24.7 Å². The fourth-order valence-corrected chi connectivity index (χ4v) is 0.636. The molecule has 0 radical (unpaired) electrons. The molecule has 0 aromatic carbocycles. The van der Waals surface area contributed by atoms with Crippen molar-refractivity contribution in [2.24, 2.45) is 0 Å². The third-order valence-electron chi connectivity index (χ3n) is 1.10. The summed E-state index contributed by atoms with van der Waals surface area (Å²) in [7, 11) is 1.65. The summed E-state index contributed by atoms with van der Waals surface area (Å²) in [5.74, 6) is 1.31. The van der Waals surface area contributed by atoms with Crippen LogP contribution in [0, 0.1) is 6.92 Å². The van der Waals surface area contributed by atoms with Crippen LogP contribution in [-0.4, -0.2) is 23.9 Å². The van der Waals surface area contributed by atoms with E-state index in [1.54, 1.807) is 14.0 Å². The summed E-state index contributed by atoms with van der Waals surface area (Å²) in [5.41, 5.74) is 0. The van der Waals surface area contributed by atoms with E-state index < -0.39 is 0 Å². The number of nitrogens with zero attached hydrogens (tertiary/aromatic N) is 2. The Morgan fingerprint density at radius 2 is 2.08 bits per heavy atom. The molecule has 0 aliphatic carbocycles. The molecule has 12 heavy (non-hydrogen) atoms. The molecule has 0 aliphatic heterocycles. The van der Waals surface area contributed by atoms with Gasteiger partial charge in [0, 0.05) is 20.5 Å². The smallest absolute Gasteiger partial charge is 0.223 e. The Morgan fingerprint density at radius 3 is 2.50 bits per heavy atom. The van der Waals surface area contributed by atoms with Gasteiger partial charge in [0.15, 0.2) is 5.82 Å². The van der Waals surface area contributed by atoms with Crippen LogP contribution in [0.3, 0.4) is 0 Å². The summed E-state index contributed by atoms with van der Waals surface area (Å²) in [6, 6.07) is 0. The number of aryl methyl sites for hydroxylation is 1. The number of ether oxygens (including phenoxy) is 1. The molecule has 4 heteroatoms. The molecule has 0 atom stereocenters. The number of methoxy groups -OCH3 is 1. The molecule has 0 unspecified atom stereocenters. The first-order valence-corrected chi connectivity index (χ1v) is 4.11. The summed E-state index contributed by atoms with van der Waals surface area (Å²) in [4.78, 5) is 3.99. The molecule has 4 nitrogen and oxygen atoms in total. The zero-order valence-corrected chi connectivity index (χ0v) is 8.13. The van der Waals surface area contributed by atoms with Gasteiger partial charge in [0.1, 0.15) is 0 Å². The second-order valence-electron chi connectivity index (χ2n) is 1.97. The molecule has 1 heterocycles. The largest absolute Gasteiger partial charge is 0.384 e. The van der Waals surface area contributed by atoms with Gasteiger partial charge in [0.2, 0.25) is 5.89 Å². The number of hydrogen-bond acceptors (Lipinski definition) is 4. The summed E-state index contributed by atoms with van der Waals surface area (Å²) in [5, 5.41) is 3.69. The predicted octanol–water partition coefficient (Wildman–Crippen LogP) is 1.59. The fraction of sp³-hybridized carbons (Fsp3) is 0.750. The molecule has 0 amide bonds. The predicted molar refractivity (Wildman–Crippen MR) is 46.0 cm³/mol. The first-order chi connectivity index (χ1) is 5.83. The van der Waals surface area contributed by atoms with Crippen molar-refractivity contribution in [3.05, 3.63) is 11.7 Å². The molecule has 1 rings (SSSR count). The van der Waals surface area contributed by atoms with Crippen molar-refractivity contribution in [1.82, 2.24) is 10.1 Å². The standard InChI is InChI=1S/C6H10N2O2.C2H6/c1-5-7-6(8-10-5)3-4-9-2;1-2/h3-4H2,1-2H3;1-2H3.